The molecule has 1 atom stereocenters. The second-order valence-electron chi connectivity index (χ2n) is 5.21. The first kappa shape index (κ1) is 16.1. The highest BCUT2D eigenvalue weighted by atomic mass is 35.5. The molecule has 0 spiro atoms. The summed E-state index contributed by atoms with van der Waals surface area (Å²) in [5, 5.41) is 9.97. The minimum atomic E-state index is -4.37. The van der Waals surface area contributed by atoms with Crippen LogP contribution in [0, 0.1) is 5.41 Å². The molecule has 19 heavy (non-hydrogen) atoms. The predicted octanol–water partition coefficient (Wildman–Crippen LogP) is 4.39. The van der Waals surface area contributed by atoms with Gasteiger partial charge in [-0.3, -0.25) is 0 Å². The van der Waals surface area contributed by atoms with E-state index in [2.05, 4.69) is 6.58 Å². The molecule has 1 N–H and O–H groups in total. The van der Waals surface area contributed by atoms with E-state index in [4.69, 9.17) is 11.6 Å². The fourth-order valence-corrected chi connectivity index (χ4v) is 2.20. The first-order valence-electron chi connectivity index (χ1n) is 5.72. The van der Waals surface area contributed by atoms with Gasteiger partial charge in [0.25, 0.3) is 0 Å². The predicted molar refractivity (Wildman–Crippen MR) is 69.9 cm³/mol. The molecule has 1 unspecified atom stereocenters. The van der Waals surface area contributed by atoms with Gasteiger partial charge in [-0.1, -0.05) is 50.2 Å². The van der Waals surface area contributed by atoms with Crippen molar-refractivity contribution < 1.29 is 18.3 Å². The molecule has 0 bridgehead atoms. The summed E-state index contributed by atoms with van der Waals surface area (Å²) in [6.45, 7) is 6.91. The first-order valence-corrected chi connectivity index (χ1v) is 6.10. The number of hydrogen-bond donors (Lipinski definition) is 1. The normalized spacial score (nSPS) is 14.3. The molecule has 0 aliphatic carbocycles. The minimum Gasteiger partial charge on any atom is -0.387 e. The molecule has 0 fully saturated rings. The van der Waals surface area contributed by atoms with Crippen molar-refractivity contribution in [3.05, 3.63) is 47.0 Å². The van der Waals surface area contributed by atoms with Crippen LogP contribution in [0.5, 0.6) is 0 Å². The third kappa shape index (κ3) is 4.25. The standard InChI is InChI=1S/C14H16ClF3O/c1-9(15)12(19)13(2,3)8-10-5-4-6-11(7-10)14(16,17)18/h4-7,12,19H,1,8H2,2-3H3. The molecule has 0 aromatic heterocycles. The number of rotatable bonds is 4. The van der Waals surface area contributed by atoms with Crippen LogP contribution in [-0.2, 0) is 12.6 Å². The molecule has 0 aliphatic heterocycles. The number of benzene rings is 1. The zero-order chi connectivity index (χ0) is 14.8. The molecule has 0 saturated carbocycles. The number of aliphatic hydroxyl groups is 1. The average Bonchev–Trinajstić information content (AvgIpc) is 2.26. The summed E-state index contributed by atoms with van der Waals surface area (Å²) in [5.74, 6) is 0. The van der Waals surface area contributed by atoms with E-state index in [1.54, 1.807) is 19.9 Å². The Balaban J connectivity index is 2.97. The van der Waals surface area contributed by atoms with E-state index in [1.165, 1.54) is 6.07 Å². The first-order chi connectivity index (χ1) is 8.54. The van der Waals surface area contributed by atoms with Gasteiger partial charge < -0.3 is 5.11 Å². The Hall–Kier alpha value is -1.00. The van der Waals surface area contributed by atoms with Crippen LogP contribution in [0.25, 0.3) is 0 Å². The van der Waals surface area contributed by atoms with Gasteiger partial charge in [0.15, 0.2) is 0 Å². The topological polar surface area (TPSA) is 20.2 Å². The van der Waals surface area contributed by atoms with Gasteiger partial charge >= 0.3 is 6.18 Å². The third-order valence-electron chi connectivity index (χ3n) is 2.95. The fraction of sp³-hybridized carbons (Fsp3) is 0.429. The van der Waals surface area contributed by atoms with Crippen LogP contribution in [0.4, 0.5) is 13.2 Å². The molecule has 106 valence electrons. The summed E-state index contributed by atoms with van der Waals surface area (Å²) >= 11 is 5.66. The lowest BCUT2D eigenvalue weighted by Gasteiger charge is -2.30. The smallest absolute Gasteiger partial charge is 0.387 e. The van der Waals surface area contributed by atoms with Crippen LogP contribution < -0.4 is 0 Å². The van der Waals surface area contributed by atoms with Gasteiger partial charge in [-0.15, -0.1) is 0 Å². The van der Waals surface area contributed by atoms with E-state index in [1.807, 2.05) is 0 Å². The summed E-state index contributed by atoms with van der Waals surface area (Å²) in [5.41, 5.74) is -0.889. The highest BCUT2D eigenvalue weighted by Crippen LogP contribution is 2.34. The summed E-state index contributed by atoms with van der Waals surface area (Å²) in [6, 6.07) is 5.07. The molecule has 5 heteroatoms. The lowest BCUT2D eigenvalue weighted by molar-refractivity contribution is -0.137. The van der Waals surface area contributed by atoms with E-state index in [0.29, 0.717) is 5.56 Å². The second-order valence-corrected chi connectivity index (χ2v) is 5.70. The highest BCUT2D eigenvalue weighted by Gasteiger charge is 2.32. The van der Waals surface area contributed by atoms with E-state index in [9.17, 15) is 18.3 Å². The van der Waals surface area contributed by atoms with Crippen molar-refractivity contribution in [2.24, 2.45) is 5.41 Å². The molecule has 0 heterocycles. The molecule has 0 radical (unpaired) electrons. The largest absolute Gasteiger partial charge is 0.416 e. The average molecular weight is 293 g/mol. The SMILES string of the molecule is C=C(Cl)C(O)C(C)(C)Cc1cccc(C(F)(F)F)c1. The second kappa shape index (κ2) is 5.55. The van der Waals surface area contributed by atoms with Crippen molar-refractivity contribution in [1.29, 1.82) is 0 Å². The summed E-state index contributed by atoms with van der Waals surface area (Å²) in [6.07, 6.45) is -5.08. The number of alkyl halides is 3. The Bertz CT molecular complexity index is 466. The van der Waals surface area contributed by atoms with Crippen LogP contribution in [-0.4, -0.2) is 11.2 Å². The third-order valence-corrected chi connectivity index (χ3v) is 3.16. The summed E-state index contributed by atoms with van der Waals surface area (Å²) in [7, 11) is 0. The molecule has 0 amide bonds. The Labute approximate surface area is 115 Å². The van der Waals surface area contributed by atoms with E-state index < -0.39 is 23.3 Å². The fourth-order valence-electron chi connectivity index (χ4n) is 1.90. The quantitative estimate of drug-likeness (QED) is 0.873. The molecule has 1 aromatic carbocycles. The molecule has 1 aromatic rings. The van der Waals surface area contributed by atoms with Crippen molar-refractivity contribution in [2.45, 2.75) is 32.5 Å². The van der Waals surface area contributed by atoms with Crippen molar-refractivity contribution in [3.8, 4) is 0 Å². The molecular formula is C14H16ClF3O. The van der Waals surface area contributed by atoms with Crippen molar-refractivity contribution in [1.82, 2.24) is 0 Å². The van der Waals surface area contributed by atoms with E-state index >= 15 is 0 Å². The van der Waals surface area contributed by atoms with Crippen molar-refractivity contribution in [3.63, 3.8) is 0 Å². The monoisotopic (exact) mass is 292 g/mol. The maximum Gasteiger partial charge on any atom is 0.416 e. The zero-order valence-electron chi connectivity index (χ0n) is 10.8. The van der Waals surface area contributed by atoms with Gasteiger partial charge in [-0.2, -0.15) is 13.2 Å². The van der Waals surface area contributed by atoms with E-state index in [0.717, 1.165) is 12.1 Å². The molecule has 1 rings (SSSR count). The van der Waals surface area contributed by atoms with E-state index in [-0.39, 0.29) is 11.5 Å². The summed E-state index contributed by atoms with van der Waals surface area (Å²) in [4.78, 5) is 0. The molecule has 1 nitrogen and oxygen atoms in total. The van der Waals surface area contributed by atoms with Crippen LogP contribution in [0.2, 0.25) is 0 Å². The Kier molecular flexibility index (Phi) is 4.69. The van der Waals surface area contributed by atoms with Crippen molar-refractivity contribution in [2.75, 3.05) is 0 Å². The van der Waals surface area contributed by atoms with Gasteiger partial charge in [0, 0.05) is 5.03 Å². The maximum atomic E-state index is 12.6. The minimum absolute atomic E-state index is 0.0805. The zero-order valence-corrected chi connectivity index (χ0v) is 11.5. The highest BCUT2D eigenvalue weighted by molar-refractivity contribution is 6.29. The summed E-state index contributed by atoms with van der Waals surface area (Å²) < 4.78 is 37.8. The van der Waals surface area contributed by atoms with Gasteiger partial charge in [-0.25, -0.2) is 0 Å². The molecule has 0 aliphatic rings. The van der Waals surface area contributed by atoms with Gasteiger partial charge in [-0.05, 0) is 23.5 Å². The Morgan fingerprint density at radius 2 is 1.95 bits per heavy atom. The van der Waals surface area contributed by atoms with Gasteiger partial charge in [0.1, 0.15) is 0 Å². The molecule has 0 saturated heterocycles. The Morgan fingerprint density at radius 3 is 2.42 bits per heavy atom. The lowest BCUT2D eigenvalue weighted by atomic mass is 9.80. The van der Waals surface area contributed by atoms with Crippen LogP contribution >= 0.6 is 11.6 Å². The van der Waals surface area contributed by atoms with Crippen LogP contribution in [0.3, 0.4) is 0 Å². The van der Waals surface area contributed by atoms with Crippen molar-refractivity contribution >= 4 is 11.6 Å². The van der Waals surface area contributed by atoms with Gasteiger partial charge in [0.2, 0.25) is 0 Å². The lowest BCUT2D eigenvalue weighted by Crippen LogP contribution is -2.31. The number of hydrogen-bond acceptors (Lipinski definition) is 1. The van der Waals surface area contributed by atoms with Gasteiger partial charge in [0.05, 0.1) is 11.7 Å². The number of halogens is 4. The maximum absolute atomic E-state index is 12.6. The molecular weight excluding hydrogens is 277 g/mol. The Morgan fingerprint density at radius 1 is 1.37 bits per heavy atom. The van der Waals surface area contributed by atoms with Crippen LogP contribution in [0.15, 0.2) is 35.9 Å². The number of aliphatic hydroxyl groups excluding tert-OH is 1. The van der Waals surface area contributed by atoms with Crippen LogP contribution in [0.1, 0.15) is 25.0 Å².